The molecule has 1 N–H and O–H groups in total. The van der Waals surface area contributed by atoms with Crippen LogP contribution in [0.2, 0.25) is 0 Å². The van der Waals surface area contributed by atoms with Gasteiger partial charge in [-0.25, -0.2) is 9.78 Å². The van der Waals surface area contributed by atoms with Gasteiger partial charge < -0.3 is 19.2 Å². The molecule has 0 bridgehead atoms. The van der Waals surface area contributed by atoms with Crippen LogP contribution in [0.4, 0.5) is 4.79 Å². The van der Waals surface area contributed by atoms with Crippen molar-refractivity contribution in [2.45, 2.75) is 38.8 Å². The summed E-state index contributed by atoms with van der Waals surface area (Å²) in [6, 6.07) is 4.00. The highest BCUT2D eigenvalue weighted by molar-refractivity contribution is 5.75. The maximum Gasteiger partial charge on any atom is 0.318 e. The molecule has 1 saturated heterocycles. The number of carbonyl (C=O) groups excluding carboxylic acids is 1. The Morgan fingerprint density at radius 1 is 1.50 bits per heavy atom. The molecule has 0 saturated carbocycles. The van der Waals surface area contributed by atoms with Crippen molar-refractivity contribution in [2.24, 2.45) is 7.05 Å². The van der Waals surface area contributed by atoms with Crippen molar-refractivity contribution in [3.05, 3.63) is 41.9 Å². The molecule has 1 fully saturated rings. The Hall–Kier alpha value is -2.24. The average Bonchev–Trinajstić information content (AvgIpc) is 3.24. The summed E-state index contributed by atoms with van der Waals surface area (Å²) in [5.74, 6) is 1.86. The fraction of sp³-hybridized carbons (Fsp3) is 0.500. The van der Waals surface area contributed by atoms with Crippen LogP contribution >= 0.6 is 0 Å². The molecule has 0 aromatic carbocycles. The number of hydrogen-bond donors (Lipinski definition) is 1. The van der Waals surface area contributed by atoms with Crippen LogP contribution < -0.4 is 5.32 Å². The molecule has 118 valence electrons. The Balaban J connectivity index is 1.64. The second-order valence-corrected chi connectivity index (χ2v) is 5.66. The lowest BCUT2D eigenvalue weighted by molar-refractivity contribution is 0.185. The van der Waals surface area contributed by atoms with Crippen LogP contribution in [-0.2, 0) is 20.0 Å². The third kappa shape index (κ3) is 2.86. The predicted molar refractivity (Wildman–Crippen MR) is 82.2 cm³/mol. The molecule has 1 aliphatic heterocycles. The molecule has 0 radical (unpaired) electrons. The molecule has 3 rings (SSSR count). The number of rotatable bonds is 4. The van der Waals surface area contributed by atoms with Gasteiger partial charge in [0, 0.05) is 26.2 Å². The van der Waals surface area contributed by atoms with E-state index in [4.69, 9.17) is 4.42 Å². The van der Waals surface area contributed by atoms with Gasteiger partial charge in [-0.2, -0.15) is 0 Å². The van der Waals surface area contributed by atoms with E-state index in [0.29, 0.717) is 6.54 Å². The van der Waals surface area contributed by atoms with Crippen molar-refractivity contribution in [1.82, 2.24) is 19.8 Å². The van der Waals surface area contributed by atoms with Gasteiger partial charge in [-0.15, -0.1) is 0 Å². The molecule has 6 nitrogen and oxygen atoms in total. The fourth-order valence-corrected chi connectivity index (χ4v) is 2.89. The first-order valence-corrected chi connectivity index (χ1v) is 7.77. The molecular weight excluding hydrogens is 280 g/mol. The number of aromatic nitrogens is 2. The van der Waals surface area contributed by atoms with E-state index in [1.807, 2.05) is 28.6 Å². The molecule has 2 aromatic heterocycles. The third-order valence-electron chi connectivity index (χ3n) is 4.21. The Labute approximate surface area is 130 Å². The van der Waals surface area contributed by atoms with Gasteiger partial charge in [0.05, 0.1) is 24.6 Å². The summed E-state index contributed by atoms with van der Waals surface area (Å²) in [6.07, 6.45) is 6.33. The molecule has 2 aromatic rings. The van der Waals surface area contributed by atoms with Gasteiger partial charge in [0.2, 0.25) is 0 Å². The normalized spacial score (nSPS) is 17.9. The average molecular weight is 302 g/mol. The zero-order chi connectivity index (χ0) is 15.5. The number of carbonyl (C=O) groups is 1. The molecule has 1 aliphatic rings. The van der Waals surface area contributed by atoms with E-state index in [9.17, 15) is 4.79 Å². The second-order valence-electron chi connectivity index (χ2n) is 5.66. The molecule has 2 amide bonds. The maximum atomic E-state index is 12.5. The highest BCUT2D eigenvalue weighted by Crippen LogP contribution is 2.33. The first-order valence-electron chi connectivity index (χ1n) is 7.77. The number of aryl methyl sites for hydroxylation is 2. The first-order chi connectivity index (χ1) is 10.7. The van der Waals surface area contributed by atoms with Gasteiger partial charge in [-0.1, -0.05) is 6.92 Å². The van der Waals surface area contributed by atoms with E-state index >= 15 is 0 Å². The Morgan fingerprint density at radius 3 is 3.05 bits per heavy atom. The maximum absolute atomic E-state index is 12.5. The lowest BCUT2D eigenvalue weighted by atomic mass is 10.2. The number of nitrogens with zero attached hydrogens (tertiary/aromatic N) is 3. The highest BCUT2D eigenvalue weighted by atomic mass is 16.3. The summed E-state index contributed by atoms with van der Waals surface area (Å²) in [5, 5.41) is 2.97. The minimum atomic E-state index is -0.0434. The number of amides is 2. The summed E-state index contributed by atoms with van der Waals surface area (Å²) in [7, 11) is 1.92. The number of furan rings is 1. The summed E-state index contributed by atoms with van der Waals surface area (Å²) < 4.78 is 7.74. The zero-order valence-corrected chi connectivity index (χ0v) is 13.1. The molecule has 22 heavy (non-hydrogen) atoms. The van der Waals surface area contributed by atoms with Crippen LogP contribution in [0, 0.1) is 0 Å². The van der Waals surface area contributed by atoms with Crippen molar-refractivity contribution in [1.29, 1.82) is 0 Å². The first kappa shape index (κ1) is 14.7. The van der Waals surface area contributed by atoms with Crippen LogP contribution in [0.25, 0.3) is 0 Å². The number of likely N-dealkylation sites (tertiary alicyclic amines) is 1. The second kappa shape index (κ2) is 6.25. The van der Waals surface area contributed by atoms with Gasteiger partial charge in [-0.3, -0.25) is 0 Å². The predicted octanol–water partition coefficient (Wildman–Crippen LogP) is 2.62. The Morgan fingerprint density at radius 2 is 2.36 bits per heavy atom. The number of urea groups is 1. The van der Waals surface area contributed by atoms with Crippen molar-refractivity contribution < 1.29 is 9.21 Å². The lowest BCUT2D eigenvalue weighted by Crippen LogP contribution is -2.39. The summed E-state index contributed by atoms with van der Waals surface area (Å²) in [5.41, 5.74) is 0.982. The molecule has 6 heteroatoms. The van der Waals surface area contributed by atoms with E-state index in [2.05, 4.69) is 17.2 Å². The fourth-order valence-electron chi connectivity index (χ4n) is 2.89. The Kier molecular flexibility index (Phi) is 4.18. The third-order valence-corrected chi connectivity index (χ3v) is 4.21. The molecule has 0 spiro atoms. The summed E-state index contributed by atoms with van der Waals surface area (Å²) in [4.78, 5) is 18.4. The van der Waals surface area contributed by atoms with Crippen molar-refractivity contribution in [3.8, 4) is 0 Å². The molecule has 1 atom stereocenters. The quantitative estimate of drug-likeness (QED) is 0.944. The monoisotopic (exact) mass is 302 g/mol. The van der Waals surface area contributed by atoms with E-state index < -0.39 is 0 Å². The SMILES string of the molecule is CCc1ccc(C2CCCN2C(=O)NCc2cncn2C)o1. The largest absolute Gasteiger partial charge is 0.464 e. The number of nitrogens with one attached hydrogen (secondary N) is 1. The van der Waals surface area contributed by atoms with Crippen LogP contribution in [0.1, 0.15) is 43.0 Å². The van der Waals surface area contributed by atoms with E-state index in [-0.39, 0.29) is 12.1 Å². The van der Waals surface area contributed by atoms with Gasteiger partial charge in [0.25, 0.3) is 0 Å². The number of hydrogen-bond acceptors (Lipinski definition) is 3. The van der Waals surface area contributed by atoms with Gasteiger partial charge in [0.15, 0.2) is 0 Å². The minimum absolute atomic E-state index is 0.0434. The van der Waals surface area contributed by atoms with Crippen molar-refractivity contribution >= 4 is 6.03 Å². The van der Waals surface area contributed by atoms with Crippen LogP contribution in [0.15, 0.2) is 29.1 Å². The van der Waals surface area contributed by atoms with E-state index in [1.54, 1.807) is 12.5 Å². The minimum Gasteiger partial charge on any atom is -0.464 e. The molecule has 1 unspecified atom stereocenters. The van der Waals surface area contributed by atoms with Crippen LogP contribution in [0.3, 0.4) is 0 Å². The van der Waals surface area contributed by atoms with E-state index in [1.165, 1.54) is 0 Å². The summed E-state index contributed by atoms with van der Waals surface area (Å²) in [6.45, 7) is 3.32. The van der Waals surface area contributed by atoms with Crippen LogP contribution in [-0.4, -0.2) is 27.0 Å². The van der Waals surface area contributed by atoms with Crippen LogP contribution in [0.5, 0.6) is 0 Å². The van der Waals surface area contributed by atoms with Crippen molar-refractivity contribution in [3.63, 3.8) is 0 Å². The Bertz CT molecular complexity index is 646. The standard InChI is InChI=1S/C16H22N4O2/c1-3-13-6-7-15(22-13)14-5-4-8-20(14)16(21)18-10-12-9-17-11-19(12)2/h6-7,9,11,14H,3-5,8,10H2,1-2H3,(H,18,21). The molecule has 3 heterocycles. The zero-order valence-electron chi connectivity index (χ0n) is 13.1. The van der Waals surface area contributed by atoms with Crippen molar-refractivity contribution in [2.75, 3.05) is 6.54 Å². The summed E-state index contributed by atoms with van der Waals surface area (Å²) >= 11 is 0. The molecule has 0 aliphatic carbocycles. The van der Waals surface area contributed by atoms with E-state index in [0.717, 1.165) is 43.0 Å². The topological polar surface area (TPSA) is 63.3 Å². The highest BCUT2D eigenvalue weighted by Gasteiger charge is 2.32. The smallest absolute Gasteiger partial charge is 0.318 e. The van der Waals surface area contributed by atoms with Gasteiger partial charge in [-0.05, 0) is 25.0 Å². The van der Waals surface area contributed by atoms with Gasteiger partial charge >= 0.3 is 6.03 Å². The van der Waals surface area contributed by atoms with Gasteiger partial charge in [0.1, 0.15) is 11.5 Å². The molecular formula is C16H22N4O2. The number of imidazole rings is 1. The lowest BCUT2D eigenvalue weighted by Gasteiger charge is -2.23.